The average molecular weight is 302 g/mol. The first-order valence-electron chi connectivity index (χ1n) is 7.98. The minimum atomic E-state index is -0.225. The van der Waals surface area contributed by atoms with Gasteiger partial charge in [-0.05, 0) is 31.4 Å². The van der Waals surface area contributed by atoms with Gasteiger partial charge >= 0.3 is 5.69 Å². The Morgan fingerprint density at radius 2 is 1.91 bits per heavy atom. The molecule has 2 aromatic rings. The lowest BCUT2D eigenvalue weighted by atomic mass is 10.2. The molecule has 0 saturated carbocycles. The Hall–Kier alpha value is -2.24. The monoisotopic (exact) mass is 302 g/mol. The van der Waals surface area contributed by atoms with E-state index in [1.807, 2.05) is 12.1 Å². The molecule has 6 nitrogen and oxygen atoms in total. The van der Waals surface area contributed by atoms with Gasteiger partial charge in [0.15, 0.2) is 0 Å². The molecule has 22 heavy (non-hydrogen) atoms. The number of benzene rings is 1. The van der Waals surface area contributed by atoms with Crippen molar-refractivity contribution in [1.29, 1.82) is 0 Å². The number of fused-ring (bicyclic) bond motifs is 1. The second kappa shape index (κ2) is 6.25. The molecule has 6 heteroatoms. The summed E-state index contributed by atoms with van der Waals surface area (Å²) >= 11 is 0. The second-order valence-corrected chi connectivity index (χ2v) is 5.84. The van der Waals surface area contributed by atoms with Crippen molar-refractivity contribution < 1.29 is 4.79 Å². The van der Waals surface area contributed by atoms with Crippen LogP contribution < -0.4 is 15.9 Å². The Labute approximate surface area is 128 Å². The molecular formula is C16H22N4O2. The van der Waals surface area contributed by atoms with E-state index in [1.165, 1.54) is 0 Å². The maximum atomic E-state index is 12.1. The Bertz CT molecular complexity index is 725. The van der Waals surface area contributed by atoms with E-state index >= 15 is 0 Å². The van der Waals surface area contributed by atoms with E-state index in [4.69, 9.17) is 0 Å². The van der Waals surface area contributed by atoms with Crippen LogP contribution >= 0.6 is 0 Å². The van der Waals surface area contributed by atoms with Crippen molar-refractivity contribution in [3.63, 3.8) is 0 Å². The molecule has 3 rings (SSSR count). The molecule has 0 radical (unpaired) electrons. The van der Waals surface area contributed by atoms with Crippen LogP contribution in [0.3, 0.4) is 0 Å². The summed E-state index contributed by atoms with van der Waals surface area (Å²) < 4.78 is 0. The lowest BCUT2D eigenvalue weighted by Gasteiger charge is -2.21. The lowest BCUT2D eigenvalue weighted by molar-refractivity contribution is -0.116. The molecule has 1 amide bonds. The van der Waals surface area contributed by atoms with Crippen LogP contribution in [-0.2, 0) is 4.79 Å². The number of amides is 1. The molecule has 1 fully saturated rings. The van der Waals surface area contributed by atoms with Gasteiger partial charge in [0.25, 0.3) is 0 Å². The van der Waals surface area contributed by atoms with E-state index in [-0.39, 0.29) is 11.6 Å². The number of anilines is 2. The van der Waals surface area contributed by atoms with Gasteiger partial charge < -0.3 is 20.2 Å². The summed E-state index contributed by atoms with van der Waals surface area (Å²) in [6, 6.07) is 3.80. The standard InChI is InChI=1S/C16H22N4O2/c1-2-3-6-15(21)17-13-9-11-12(19-16(22)18-11)10-14(13)20-7-4-5-8-20/h9-10H,2-8H2,1H3,(H,17,21)(H2,18,19,22). The van der Waals surface area contributed by atoms with Gasteiger partial charge in [0.05, 0.1) is 22.4 Å². The molecule has 1 aliphatic heterocycles. The normalized spacial score (nSPS) is 14.7. The van der Waals surface area contributed by atoms with Crippen LogP contribution in [0, 0.1) is 0 Å². The van der Waals surface area contributed by atoms with Crippen LogP contribution in [0.2, 0.25) is 0 Å². The van der Waals surface area contributed by atoms with Crippen molar-refractivity contribution in [3.8, 4) is 0 Å². The Balaban J connectivity index is 1.95. The number of hydrogen-bond donors (Lipinski definition) is 3. The van der Waals surface area contributed by atoms with E-state index in [9.17, 15) is 9.59 Å². The van der Waals surface area contributed by atoms with Crippen LogP contribution in [0.25, 0.3) is 11.0 Å². The van der Waals surface area contributed by atoms with Crippen LogP contribution in [0.5, 0.6) is 0 Å². The average Bonchev–Trinajstić information content (AvgIpc) is 3.12. The summed E-state index contributed by atoms with van der Waals surface area (Å²) in [5, 5.41) is 3.01. The highest BCUT2D eigenvalue weighted by atomic mass is 16.1. The van der Waals surface area contributed by atoms with Crippen molar-refractivity contribution in [2.24, 2.45) is 0 Å². The Kier molecular flexibility index (Phi) is 4.18. The van der Waals surface area contributed by atoms with Gasteiger partial charge in [-0.3, -0.25) is 4.79 Å². The smallest absolute Gasteiger partial charge is 0.323 e. The first-order chi connectivity index (χ1) is 10.7. The second-order valence-electron chi connectivity index (χ2n) is 5.84. The minimum absolute atomic E-state index is 0.0273. The van der Waals surface area contributed by atoms with Gasteiger partial charge in [-0.1, -0.05) is 13.3 Å². The molecule has 0 unspecified atom stereocenters. The van der Waals surface area contributed by atoms with Crippen LogP contribution in [-0.4, -0.2) is 29.0 Å². The molecule has 0 bridgehead atoms. The Morgan fingerprint density at radius 3 is 2.59 bits per heavy atom. The fraction of sp³-hybridized carbons (Fsp3) is 0.500. The number of aromatic amines is 2. The first-order valence-corrected chi connectivity index (χ1v) is 7.98. The summed E-state index contributed by atoms with van der Waals surface area (Å²) in [5.41, 5.74) is 3.05. The van der Waals surface area contributed by atoms with Gasteiger partial charge in [0, 0.05) is 19.5 Å². The van der Waals surface area contributed by atoms with Crippen molar-refractivity contribution in [1.82, 2.24) is 9.97 Å². The topological polar surface area (TPSA) is 81.0 Å². The number of rotatable bonds is 5. The van der Waals surface area contributed by atoms with E-state index in [1.54, 1.807) is 0 Å². The van der Waals surface area contributed by atoms with Crippen molar-refractivity contribution in [3.05, 3.63) is 22.6 Å². The van der Waals surface area contributed by atoms with Gasteiger partial charge in [-0.15, -0.1) is 0 Å². The van der Waals surface area contributed by atoms with E-state index in [0.717, 1.165) is 61.2 Å². The molecule has 0 spiro atoms. The summed E-state index contributed by atoms with van der Waals surface area (Å²) in [6.07, 6.45) is 4.72. The molecule has 118 valence electrons. The van der Waals surface area contributed by atoms with Gasteiger partial charge in [0.1, 0.15) is 0 Å². The maximum Gasteiger partial charge on any atom is 0.323 e. The quantitative estimate of drug-likeness (QED) is 0.794. The van der Waals surface area contributed by atoms with Crippen molar-refractivity contribution >= 4 is 28.3 Å². The molecule has 2 heterocycles. The summed E-state index contributed by atoms with van der Waals surface area (Å²) in [5.74, 6) is 0.0273. The van der Waals surface area contributed by atoms with Crippen LogP contribution in [0.4, 0.5) is 11.4 Å². The number of unbranched alkanes of at least 4 members (excludes halogenated alkanes) is 1. The zero-order valence-electron chi connectivity index (χ0n) is 12.9. The fourth-order valence-electron chi connectivity index (χ4n) is 2.94. The number of aromatic nitrogens is 2. The maximum absolute atomic E-state index is 12.1. The summed E-state index contributed by atoms with van der Waals surface area (Å²) in [6.45, 7) is 4.04. The minimum Gasteiger partial charge on any atom is -0.370 e. The van der Waals surface area contributed by atoms with Gasteiger partial charge in [0.2, 0.25) is 5.91 Å². The number of imidazole rings is 1. The summed E-state index contributed by atoms with van der Waals surface area (Å²) in [4.78, 5) is 31.4. The predicted octanol–water partition coefficient (Wildman–Crippen LogP) is 2.59. The van der Waals surface area contributed by atoms with Crippen LogP contribution in [0.15, 0.2) is 16.9 Å². The van der Waals surface area contributed by atoms with Crippen molar-refractivity contribution in [2.75, 3.05) is 23.3 Å². The van der Waals surface area contributed by atoms with Gasteiger partial charge in [-0.2, -0.15) is 0 Å². The largest absolute Gasteiger partial charge is 0.370 e. The molecule has 1 aromatic heterocycles. The molecule has 3 N–H and O–H groups in total. The van der Waals surface area contributed by atoms with Crippen LogP contribution in [0.1, 0.15) is 39.0 Å². The third-order valence-electron chi connectivity index (χ3n) is 4.11. The number of hydrogen-bond acceptors (Lipinski definition) is 3. The van der Waals surface area contributed by atoms with Gasteiger partial charge in [-0.25, -0.2) is 4.79 Å². The number of carbonyl (C=O) groups is 1. The fourth-order valence-corrected chi connectivity index (χ4v) is 2.94. The van der Waals surface area contributed by atoms with E-state index in [0.29, 0.717) is 6.42 Å². The summed E-state index contributed by atoms with van der Waals surface area (Å²) in [7, 11) is 0. The predicted molar refractivity (Wildman–Crippen MR) is 88.5 cm³/mol. The third kappa shape index (κ3) is 3.00. The highest BCUT2D eigenvalue weighted by Crippen LogP contribution is 2.32. The van der Waals surface area contributed by atoms with E-state index < -0.39 is 0 Å². The highest BCUT2D eigenvalue weighted by molar-refractivity contribution is 5.98. The number of H-pyrrole nitrogens is 2. The third-order valence-corrected chi connectivity index (χ3v) is 4.11. The molecule has 1 aliphatic rings. The molecule has 0 atom stereocenters. The molecule has 1 aromatic carbocycles. The first kappa shape index (κ1) is 14.7. The van der Waals surface area contributed by atoms with Crippen molar-refractivity contribution in [2.45, 2.75) is 39.0 Å². The highest BCUT2D eigenvalue weighted by Gasteiger charge is 2.18. The van der Waals surface area contributed by atoms with E-state index in [2.05, 4.69) is 27.1 Å². The zero-order chi connectivity index (χ0) is 15.5. The number of carbonyl (C=O) groups excluding carboxylic acids is 1. The number of nitrogens with one attached hydrogen (secondary N) is 3. The lowest BCUT2D eigenvalue weighted by Crippen LogP contribution is -2.21. The molecular weight excluding hydrogens is 280 g/mol. The Morgan fingerprint density at radius 1 is 1.23 bits per heavy atom. The zero-order valence-corrected chi connectivity index (χ0v) is 12.9. The molecule has 0 aliphatic carbocycles. The number of nitrogens with zero attached hydrogens (tertiary/aromatic N) is 1. The SMILES string of the molecule is CCCCC(=O)Nc1cc2[nH]c(=O)[nH]c2cc1N1CCCC1. The molecule has 1 saturated heterocycles.